The van der Waals surface area contributed by atoms with E-state index in [1.54, 1.807) is 30.3 Å². The van der Waals surface area contributed by atoms with Crippen LogP contribution in [0.1, 0.15) is 68.2 Å². The van der Waals surface area contributed by atoms with E-state index >= 15 is 0 Å². The number of hydrogen-bond donors (Lipinski definition) is 1. The van der Waals surface area contributed by atoms with Gasteiger partial charge < -0.3 is 14.2 Å². The minimum atomic E-state index is -1.00. The first-order valence-electron chi connectivity index (χ1n) is 11.9. The fourth-order valence-corrected chi connectivity index (χ4v) is 4.27. The van der Waals surface area contributed by atoms with Crippen molar-refractivity contribution in [3.8, 4) is 0 Å². The van der Waals surface area contributed by atoms with Gasteiger partial charge in [-0.2, -0.15) is 0 Å². The van der Waals surface area contributed by atoms with E-state index in [2.05, 4.69) is 10.2 Å². The van der Waals surface area contributed by atoms with Gasteiger partial charge in [-0.25, -0.2) is 0 Å². The average molecular weight is 464 g/mol. The maximum Gasteiger partial charge on any atom is 0.295 e. The third kappa shape index (κ3) is 5.78. The zero-order valence-electron chi connectivity index (χ0n) is 20.1. The number of para-hydroxylation sites is 1. The minimum absolute atomic E-state index is 0.191. The van der Waals surface area contributed by atoms with Gasteiger partial charge in [-0.05, 0) is 83.1 Å². The van der Waals surface area contributed by atoms with Crippen LogP contribution in [0, 0.1) is 0 Å². The zero-order valence-corrected chi connectivity index (χ0v) is 20.1. The third-order valence-electron chi connectivity index (χ3n) is 5.77. The van der Waals surface area contributed by atoms with Crippen LogP contribution in [0.4, 0.5) is 5.69 Å². The predicted molar refractivity (Wildman–Crippen MR) is 130 cm³/mol. The van der Waals surface area contributed by atoms with Crippen molar-refractivity contribution in [2.75, 3.05) is 18.0 Å². The number of hydrogen-bond acceptors (Lipinski definition) is 5. The second-order valence-electron chi connectivity index (χ2n) is 9.77. The molecular weight excluding hydrogens is 430 g/mol. The fraction of sp³-hybridized carbons (Fsp3) is 0.407. The molecule has 1 N–H and O–H groups in total. The van der Waals surface area contributed by atoms with Gasteiger partial charge in [-0.3, -0.25) is 19.4 Å². The second-order valence-corrected chi connectivity index (χ2v) is 9.77. The first kappa shape index (κ1) is 23.8. The van der Waals surface area contributed by atoms with Crippen molar-refractivity contribution in [3.63, 3.8) is 0 Å². The third-order valence-corrected chi connectivity index (χ3v) is 5.77. The largest absolute Gasteiger partial charge is 0.467 e. The monoisotopic (exact) mass is 463 g/mol. The van der Waals surface area contributed by atoms with Crippen molar-refractivity contribution < 1.29 is 18.4 Å². The number of furan rings is 2. The van der Waals surface area contributed by atoms with E-state index in [9.17, 15) is 9.59 Å². The highest BCUT2D eigenvalue weighted by Gasteiger charge is 2.37. The Morgan fingerprint density at radius 1 is 1.00 bits per heavy atom. The summed E-state index contributed by atoms with van der Waals surface area (Å²) < 4.78 is 11.6. The first-order valence-corrected chi connectivity index (χ1v) is 11.9. The summed E-state index contributed by atoms with van der Waals surface area (Å²) in [6, 6.07) is 15.1. The number of carbonyl (C=O) groups excluding carboxylic acids is 2. The summed E-state index contributed by atoms with van der Waals surface area (Å²) in [5.41, 5.74) is 0.0894. The van der Waals surface area contributed by atoms with Crippen LogP contribution < -0.4 is 10.2 Å². The molecule has 0 aliphatic carbocycles. The number of nitrogens with zero attached hydrogens (tertiary/aromatic N) is 2. The molecule has 0 saturated carbocycles. The minimum Gasteiger partial charge on any atom is -0.467 e. The summed E-state index contributed by atoms with van der Waals surface area (Å²) in [5.74, 6) is 0.572. The Morgan fingerprint density at radius 3 is 2.38 bits per heavy atom. The number of nitrogens with one attached hydrogen (secondary N) is 1. The van der Waals surface area contributed by atoms with Crippen molar-refractivity contribution in [2.24, 2.45) is 0 Å². The van der Waals surface area contributed by atoms with Gasteiger partial charge in [0, 0.05) is 11.2 Å². The maximum absolute atomic E-state index is 13.9. The number of rotatable bonds is 7. The lowest BCUT2D eigenvalue weighted by atomic mass is 10.1. The van der Waals surface area contributed by atoms with Crippen LogP contribution >= 0.6 is 0 Å². The highest BCUT2D eigenvalue weighted by Crippen LogP contribution is 2.31. The molecule has 1 aliphatic heterocycles. The second kappa shape index (κ2) is 10.3. The molecule has 1 aliphatic rings. The molecule has 1 fully saturated rings. The molecule has 0 spiro atoms. The number of piperidine rings is 1. The molecule has 4 rings (SSSR count). The van der Waals surface area contributed by atoms with Crippen LogP contribution in [0.5, 0.6) is 0 Å². The lowest BCUT2D eigenvalue weighted by molar-refractivity contribution is -0.124. The molecule has 2 amide bonds. The molecule has 3 heterocycles. The van der Waals surface area contributed by atoms with Crippen LogP contribution in [0.3, 0.4) is 0 Å². The van der Waals surface area contributed by atoms with E-state index in [0.717, 1.165) is 18.8 Å². The van der Waals surface area contributed by atoms with Crippen molar-refractivity contribution in [2.45, 2.75) is 58.2 Å². The molecule has 7 heteroatoms. The first-order chi connectivity index (χ1) is 16.3. The van der Waals surface area contributed by atoms with Crippen molar-refractivity contribution in [3.05, 3.63) is 78.1 Å². The van der Waals surface area contributed by atoms with E-state index in [4.69, 9.17) is 8.83 Å². The van der Waals surface area contributed by atoms with Crippen LogP contribution in [0.15, 0.2) is 69.7 Å². The van der Waals surface area contributed by atoms with Gasteiger partial charge in [-0.1, -0.05) is 24.6 Å². The molecular formula is C27H33N3O4. The summed E-state index contributed by atoms with van der Waals surface area (Å²) in [5, 5.41) is 2.99. The van der Waals surface area contributed by atoms with Gasteiger partial charge in [0.2, 0.25) is 0 Å². The SMILES string of the molecule is CC(C)(C)NC(=O)C(c1ccco1)N(C(=O)c1ccc(CN2CCCCC2)o1)c1ccccc1. The lowest BCUT2D eigenvalue weighted by Crippen LogP contribution is -2.49. The van der Waals surface area contributed by atoms with Crippen molar-refractivity contribution in [1.29, 1.82) is 0 Å². The van der Waals surface area contributed by atoms with Gasteiger partial charge >= 0.3 is 0 Å². The summed E-state index contributed by atoms with van der Waals surface area (Å²) in [6.07, 6.45) is 5.13. The Morgan fingerprint density at radius 2 is 1.74 bits per heavy atom. The summed E-state index contributed by atoms with van der Waals surface area (Å²) in [4.78, 5) is 31.1. The summed E-state index contributed by atoms with van der Waals surface area (Å²) >= 11 is 0. The number of amides is 2. The molecule has 1 atom stereocenters. The molecule has 7 nitrogen and oxygen atoms in total. The average Bonchev–Trinajstić information content (AvgIpc) is 3.49. The van der Waals surface area contributed by atoms with E-state index in [-0.39, 0.29) is 11.7 Å². The highest BCUT2D eigenvalue weighted by atomic mass is 16.4. The number of benzene rings is 1. The normalized spacial score (nSPS) is 15.6. The molecule has 3 aromatic rings. The number of likely N-dealkylation sites (tertiary alicyclic amines) is 1. The zero-order chi connectivity index (χ0) is 24.1. The van der Waals surface area contributed by atoms with Gasteiger partial charge in [0.15, 0.2) is 11.8 Å². The Balaban J connectivity index is 1.68. The Hall–Kier alpha value is -3.32. The summed E-state index contributed by atoms with van der Waals surface area (Å²) in [6.45, 7) is 8.45. The van der Waals surface area contributed by atoms with Crippen molar-refractivity contribution >= 4 is 17.5 Å². The van der Waals surface area contributed by atoms with E-state index < -0.39 is 17.5 Å². The molecule has 180 valence electrons. The lowest BCUT2D eigenvalue weighted by Gasteiger charge is -2.31. The van der Waals surface area contributed by atoms with Gasteiger partial charge in [0.05, 0.1) is 12.8 Å². The van der Waals surface area contributed by atoms with Gasteiger partial charge in [-0.15, -0.1) is 0 Å². The summed E-state index contributed by atoms with van der Waals surface area (Å²) in [7, 11) is 0. The maximum atomic E-state index is 13.9. The Labute approximate surface area is 200 Å². The van der Waals surface area contributed by atoms with Crippen LogP contribution in [-0.2, 0) is 11.3 Å². The van der Waals surface area contributed by atoms with Crippen LogP contribution in [0.25, 0.3) is 0 Å². The Bertz CT molecular complexity index is 1080. The topological polar surface area (TPSA) is 78.9 Å². The molecule has 0 radical (unpaired) electrons. The van der Waals surface area contributed by atoms with E-state index in [1.165, 1.54) is 30.4 Å². The van der Waals surface area contributed by atoms with Crippen LogP contribution in [-0.4, -0.2) is 35.3 Å². The molecule has 1 unspecified atom stereocenters. The van der Waals surface area contributed by atoms with E-state index in [0.29, 0.717) is 18.0 Å². The standard InChI is InChI=1S/C27H33N3O4/c1-27(2,3)28-25(31)24(22-13-10-18-33-22)30(20-11-6-4-7-12-20)26(32)23-15-14-21(34-23)19-29-16-8-5-9-17-29/h4,6-7,10-15,18,24H,5,8-9,16-17,19H2,1-3H3,(H,28,31). The quantitative estimate of drug-likeness (QED) is 0.524. The fourth-order valence-electron chi connectivity index (χ4n) is 4.27. The Kier molecular flexibility index (Phi) is 7.22. The highest BCUT2D eigenvalue weighted by molar-refractivity contribution is 6.08. The molecule has 1 saturated heterocycles. The number of anilines is 1. The molecule has 0 bridgehead atoms. The molecule has 1 aromatic carbocycles. The van der Waals surface area contributed by atoms with Crippen molar-refractivity contribution in [1.82, 2.24) is 10.2 Å². The van der Waals surface area contributed by atoms with E-state index in [1.807, 2.05) is 45.0 Å². The number of carbonyl (C=O) groups is 2. The smallest absolute Gasteiger partial charge is 0.295 e. The molecule has 34 heavy (non-hydrogen) atoms. The van der Waals surface area contributed by atoms with Gasteiger partial charge in [0.1, 0.15) is 11.5 Å². The van der Waals surface area contributed by atoms with Crippen LogP contribution in [0.2, 0.25) is 0 Å². The predicted octanol–water partition coefficient (Wildman–Crippen LogP) is 5.16. The molecule has 2 aromatic heterocycles. The van der Waals surface area contributed by atoms with Gasteiger partial charge in [0.25, 0.3) is 11.8 Å².